The molecule has 1 heterocycles. The van der Waals surface area contributed by atoms with Gasteiger partial charge in [-0.05, 0) is 54.8 Å². The maximum Gasteiger partial charge on any atom is 0.307 e. The van der Waals surface area contributed by atoms with Crippen molar-refractivity contribution in [1.82, 2.24) is 4.90 Å². The highest BCUT2D eigenvalue weighted by Crippen LogP contribution is 2.16. The van der Waals surface area contributed by atoms with E-state index < -0.39 is 5.97 Å². The van der Waals surface area contributed by atoms with Gasteiger partial charge in [-0.15, -0.1) is 12.4 Å². The molecule has 0 aromatic heterocycles. The molecule has 0 bridgehead atoms. The Morgan fingerprint density at radius 3 is 2.37 bits per heavy atom. The van der Waals surface area contributed by atoms with Crippen LogP contribution in [0.1, 0.15) is 24.0 Å². The van der Waals surface area contributed by atoms with Gasteiger partial charge in [0.05, 0.1) is 11.6 Å². The smallest absolute Gasteiger partial charge is 0.307 e. The molecule has 2 aromatic rings. The molecule has 1 N–H and O–H groups in total. The van der Waals surface area contributed by atoms with E-state index in [1.165, 1.54) is 24.3 Å². The Bertz CT molecular complexity index is 844. The quantitative estimate of drug-likeness (QED) is 0.382. The summed E-state index contributed by atoms with van der Waals surface area (Å²) in [6, 6.07) is 12.1. The van der Waals surface area contributed by atoms with E-state index in [4.69, 9.17) is 4.84 Å². The Hall–Kier alpha value is -2.51. The van der Waals surface area contributed by atoms with Gasteiger partial charge in [-0.2, -0.15) is 0 Å². The van der Waals surface area contributed by atoms with Crippen LogP contribution in [0, 0.1) is 17.6 Å². The monoisotopic (exact) mass is 438 g/mol. The Morgan fingerprint density at radius 2 is 1.73 bits per heavy atom. The topological polar surface area (TPSA) is 62.1 Å². The van der Waals surface area contributed by atoms with Crippen molar-refractivity contribution in [2.45, 2.75) is 19.3 Å². The molecule has 0 radical (unpaired) electrons. The highest BCUT2D eigenvalue weighted by atomic mass is 35.5. The second kappa shape index (κ2) is 11.6. The summed E-state index contributed by atoms with van der Waals surface area (Å²) in [5, 5.41) is 13.4. The van der Waals surface area contributed by atoms with Crippen molar-refractivity contribution in [3.05, 3.63) is 71.3 Å². The molecule has 0 spiro atoms. The SMILES string of the molecule is Cl.O=C(O)C1CCCN(CCON=C(Cc2ccc(F)cc2)c2ccc(F)cc2)C1. The Balaban J connectivity index is 0.00000320. The fourth-order valence-electron chi connectivity index (χ4n) is 3.38. The molecule has 8 heteroatoms. The number of piperidine rings is 1. The fraction of sp³-hybridized carbons (Fsp3) is 0.364. The molecule has 1 fully saturated rings. The Kier molecular flexibility index (Phi) is 9.20. The van der Waals surface area contributed by atoms with Crippen LogP contribution in [0.2, 0.25) is 0 Å². The molecular weight excluding hydrogens is 414 g/mol. The minimum atomic E-state index is -0.758. The number of nitrogens with zero attached hydrogens (tertiary/aromatic N) is 2. The van der Waals surface area contributed by atoms with Crippen LogP contribution >= 0.6 is 12.4 Å². The molecule has 2 aromatic carbocycles. The van der Waals surface area contributed by atoms with Gasteiger partial charge in [0.2, 0.25) is 0 Å². The van der Waals surface area contributed by atoms with Crippen molar-refractivity contribution in [3.63, 3.8) is 0 Å². The fourth-order valence-corrected chi connectivity index (χ4v) is 3.38. The molecule has 0 amide bonds. The lowest BCUT2D eigenvalue weighted by Gasteiger charge is -2.29. The molecule has 0 saturated carbocycles. The number of likely N-dealkylation sites (tertiary alicyclic amines) is 1. The molecule has 0 aliphatic carbocycles. The zero-order valence-electron chi connectivity index (χ0n) is 16.5. The van der Waals surface area contributed by atoms with Crippen LogP contribution < -0.4 is 0 Å². The van der Waals surface area contributed by atoms with E-state index in [-0.39, 0.29) is 30.0 Å². The van der Waals surface area contributed by atoms with Gasteiger partial charge in [-0.3, -0.25) is 9.69 Å². The minimum Gasteiger partial charge on any atom is -0.481 e. The Labute approximate surface area is 180 Å². The number of aliphatic carboxylic acids is 1. The summed E-state index contributed by atoms with van der Waals surface area (Å²) in [7, 11) is 0. The van der Waals surface area contributed by atoms with Gasteiger partial charge < -0.3 is 9.94 Å². The number of oxime groups is 1. The molecular formula is C22H25ClF2N2O3. The first-order valence-corrected chi connectivity index (χ1v) is 9.65. The summed E-state index contributed by atoms with van der Waals surface area (Å²) in [5.74, 6) is -1.74. The van der Waals surface area contributed by atoms with Crippen LogP contribution in [0.3, 0.4) is 0 Å². The highest BCUT2D eigenvalue weighted by Gasteiger charge is 2.24. The minimum absolute atomic E-state index is 0. The zero-order valence-corrected chi connectivity index (χ0v) is 17.3. The van der Waals surface area contributed by atoms with Crippen LogP contribution in [-0.4, -0.2) is 47.9 Å². The second-order valence-corrected chi connectivity index (χ2v) is 7.16. The number of halogens is 3. The van der Waals surface area contributed by atoms with E-state index in [0.29, 0.717) is 38.2 Å². The largest absolute Gasteiger partial charge is 0.481 e. The van der Waals surface area contributed by atoms with Gasteiger partial charge in [-0.25, -0.2) is 8.78 Å². The zero-order chi connectivity index (χ0) is 20.6. The standard InChI is InChI=1S/C22H24F2N2O3.ClH/c23-19-7-3-16(4-8-19)14-21(17-5-9-20(24)10-6-17)25-29-13-12-26-11-1-2-18(15-26)22(27)28;/h3-10,18H,1-2,11-15H2,(H,27,28);1H. The van der Waals surface area contributed by atoms with E-state index in [1.807, 2.05) is 0 Å². The summed E-state index contributed by atoms with van der Waals surface area (Å²) >= 11 is 0. The predicted molar refractivity (Wildman–Crippen MR) is 113 cm³/mol. The van der Waals surface area contributed by atoms with Crippen LogP contribution in [0.4, 0.5) is 8.78 Å². The van der Waals surface area contributed by atoms with Crippen molar-refractivity contribution in [1.29, 1.82) is 0 Å². The number of carboxylic acid groups (broad SMARTS) is 1. The maximum absolute atomic E-state index is 13.3. The van der Waals surface area contributed by atoms with Crippen molar-refractivity contribution in [2.24, 2.45) is 11.1 Å². The van der Waals surface area contributed by atoms with Gasteiger partial charge in [0.15, 0.2) is 0 Å². The third-order valence-electron chi connectivity index (χ3n) is 4.99. The van der Waals surface area contributed by atoms with Crippen LogP contribution in [-0.2, 0) is 16.1 Å². The number of benzene rings is 2. The molecule has 3 rings (SSSR count). The van der Waals surface area contributed by atoms with E-state index in [9.17, 15) is 18.7 Å². The predicted octanol–water partition coefficient (Wildman–Crippen LogP) is 4.15. The van der Waals surface area contributed by atoms with Crippen LogP contribution in [0.25, 0.3) is 0 Å². The maximum atomic E-state index is 13.3. The number of carboxylic acids is 1. The molecule has 30 heavy (non-hydrogen) atoms. The van der Waals surface area contributed by atoms with E-state index in [0.717, 1.165) is 24.1 Å². The van der Waals surface area contributed by atoms with Crippen molar-refractivity contribution >= 4 is 24.1 Å². The van der Waals surface area contributed by atoms with Crippen molar-refractivity contribution < 1.29 is 23.5 Å². The number of rotatable bonds is 8. The lowest BCUT2D eigenvalue weighted by molar-refractivity contribution is -0.143. The Morgan fingerprint density at radius 1 is 1.10 bits per heavy atom. The molecule has 5 nitrogen and oxygen atoms in total. The van der Waals surface area contributed by atoms with Gasteiger partial charge in [0, 0.05) is 19.5 Å². The normalized spacial score (nSPS) is 17.3. The van der Waals surface area contributed by atoms with Gasteiger partial charge >= 0.3 is 5.97 Å². The van der Waals surface area contributed by atoms with Gasteiger partial charge in [0.1, 0.15) is 18.2 Å². The van der Waals surface area contributed by atoms with E-state index in [1.54, 1.807) is 24.3 Å². The average Bonchev–Trinajstić information content (AvgIpc) is 2.72. The molecule has 1 aliphatic heterocycles. The van der Waals surface area contributed by atoms with Gasteiger partial charge in [0.25, 0.3) is 0 Å². The van der Waals surface area contributed by atoms with E-state index in [2.05, 4.69) is 10.1 Å². The third kappa shape index (κ3) is 7.07. The summed E-state index contributed by atoms with van der Waals surface area (Å²) in [5.41, 5.74) is 2.19. The van der Waals surface area contributed by atoms with E-state index >= 15 is 0 Å². The summed E-state index contributed by atoms with van der Waals surface area (Å²) < 4.78 is 26.4. The number of hydrogen-bond donors (Lipinski definition) is 1. The first-order chi connectivity index (χ1) is 14.0. The average molecular weight is 439 g/mol. The second-order valence-electron chi connectivity index (χ2n) is 7.16. The van der Waals surface area contributed by atoms with Crippen molar-refractivity contribution in [2.75, 3.05) is 26.2 Å². The summed E-state index contributed by atoms with van der Waals surface area (Å²) in [6.45, 7) is 2.26. The molecule has 1 atom stereocenters. The van der Waals surface area contributed by atoms with Crippen LogP contribution in [0.15, 0.2) is 53.7 Å². The molecule has 1 saturated heterocycles. The molecule has 162 valence electrons. The first kappa shape index (κ1) is 23.8. The first-order valence-electron chi connectivity index (χ1n) is 9.65. The summed E-state index contributed by atoms with van der Waals surface area (Å²) in [6.07, 6.45) is 1.97. The summed E-state index contributed by atoms with van der Waals surface area (Å²) in [4.78, 5) is 18.7. The van der Waals surface area contributed by atoms with Gasteiger partial charge in [-0.1, -0.05) is 29.4 Å². The highest BCUT2D eigenvalue weighted by molar-refractivity contribution is 6.01. The lowest BCUT2D eigenvalue weighted by Crippen LogP contribution is -2.40. The third-order valence-corrected chi connectivity index (χ3v) is 4.99. The number of carbonyl (C=O) groups is 1. The number of hydrogen-bond acceptors (Lipinski definition) is 4. The molecule has 1 unspecified atom stereocenters. The van der Waals surface area contributed by atoms with Crippen molar-refractivity contribution in [3.8, 4) is 0 Å². The molecule has 1 aliphatic rings. The lowest BCUT2D eigenvalue weighted by atomic mass is 9.98. The van der Waals surface area contributed by atoms with Crippen LogP contribution in [0.5, 0.6) is 0 Å².